The molecule has 0 N–H and O–H groups in total. The van der Waals surface area contributed by atoms with E-state index in [0.29, 0.717) is 11.3 Å². The lowest BCUT2D eigenvalue weighted by Gasteiger charge is -2.29. The van der Waals surface area contributed by atoms with Crippen molar-refractivity contribution in [2.45, 2.75) is 6.92 Å². The molecule has 3 nitrogen and oxygen atoms in total. The Hall–Kier alpha value is -2.10. The standard InChI is InChI=1S/C16H17FO3/c1-10-14(11-7-5-4-6-8-11)12(17)9-13(19-2)15(10)16(18)20-3/h4-10,15H,1-3H3. The first kappa shape index (κ1) is 14.3. The van der Waals surface area contributed by atoms with E-state index >= 15 is 0 Å². The molecule has 1 aromatic rings. The molecule has 0 heterocycles. The van der Waals surface area contributed by atoms with E-state index in [1.165, 1.54) is 20.3 Å². The molecule has 2 rings (SSSR count). The molecule has 2 unspecified atom stereocenters. The molecular formula is C16H17FO3. The van der Waals surface area contributed by atoms with Crippen molar-refractivity contribution in [3.8, 4) is 0 Å². The summed E-state index contributed by atoms with van der Waals surface area (Å²) in [5.41, 5.74) is 1.26. The summed E-state index contributed by atoms with van der Waals surface area (Å²) in [6, 6.07) is 9.19. The van der Waals surface area contributed by atoms with Gasteiger partial charge in [-0.05, 0) is 11.1 Å². The first-order valence-electron chi connectivity index (χ1n) is 6.38. The fraction of sp³-hybridized carbons (Fsp3) is 0.312. The molecule has 0 spiro atoms. The van der Waals surface area contributed by atoms with Gasteiger partial charge in [0.15, 0.2) is 0 Å². The molecule has 1 aliphatic carbocycles. The minimum atomic E-state index is -0.625. The lowest BCUT2D eigenvalue weighted by Crippen LogP contribution is -2.29. The molecule has 0 aliphatic heterocycles. The SMILES string of the molecule is COC(=O)C1C(OC)=CC(F)=C(c2ccccc2)C1C. The maximum absolute atomic E-state index is 14.3. The number of benzene rings is 1. The van der Waals surface area contributed by atoms with Crippen LogP contribution in [0.25, 0.3) is 5.57 Å². The summed E-state index contributed by atoms with van der Waals surface area (Å²) in [5, 5.41) is 0. The Kier molecular flexibility index (Phi) is 4.23. The Labute approximate surface area is 117 Å². The van der Waals surface area contributed by atoms with Gasteiger partial charge >= 0.3 is 5.97 Å². The third-order valence-corrected chi connectivity index (χ3v) is 3.56. The highest BCUT2D eigenvalue weighted by molar-refractivity contribution is 5.83. The van der Waals surface area contributed by atoms with E-state index in [1.807, 2.05) is 30.3 Å². The van der Waals surface area contributed by atoms with Crippen molar-refractivity contribution in [1.82, 2.24) is 0 Å². The van der Waals surface area contributed by atoms with Crippen molar-refractivity contribution in [2.24, 2.45) is 11.8 Å². The number of rotatable bonds is 3. The second kappa shape index (κ2) is 5.90. The fourth-order valence-corrected chi connectivity index (χ4v) is 2.57. The monoisotopic (exact) mass is 276 g/mol. The first-order chi connectivity index (χ1) is 9.60. The molecule has 0 radical (unpaired) electrons. The highest BCUT2D eigenvalue weighted by Crippen LogP contribution is 2.41. The van der Waals surface area contributed by atoms with Crippen LogP contribution in [0.2, 0.25) is 0 Å². The average molecular weight is 276 g/mol. The van der Waals surface area contributed by atoms with E-state index in [-0.39, 0.29) is 11.7 Å². The molecule has 0 fully saturated rings. The highest BCUT2D eigenvalue weighted by atomic mass is 19.1. The number of methoxy groups -OCH3 is 2. The lowest BCUT2D eigenvalue weighted by molar-refractivity contribution is -0.146. The van der Waals surface area contributed by atoms with Gasteiger partial charge in [0.2, 0.25) is 0 Å². The molecule has 0 amide bonds. The predicted octanol–water partition coefficient (Wildman–Crippen LogP) is 3.34. The van der Waals surface area contributed by atoms with E-state index in [9.17, 15) is 9.18 Å². The number of carbonyl (C=O) groups is 1. The Morgan fingerprint density at radius 3 is 2.40 bits per heavy atom. The van der Waals surface area contributed by atoms with E-state index in [2.05, 4.69) is 0 Å². The molecule has 4 heteroatoms. The van der Waals surface area contributed by atoms with Gasteiger partial charge in [-0.2, -0.15) is 0 Å². The predicted molar refractivity (Wildman–Crippen MR) is 74.2 cm³/mol. The summed E-state index contributed by atoms with van der Waals surface area (Å²) in [5.74, 6) is -1.49. The Bertz CT molecular complexity index is 560. The van der Waals surface area contributed by atoms with Crippen molar-refractivity contribution in [3.63, 3.8) is 0 Å². The fourth-order valence-electron chi connectivity index (χ4n) is 2.57. The zero-order chi connectivity index (χ0) is 14.7. The molecule has 0 bridgehead atoms. The minimum Gasteiger partial charge on any atom is -0.500 e. The number of allylic oxidation sites excluding steroid dienone is 3. The molecule has 20 heavy (non-hydrogen) atoms. The molecule has 0 aromatic heterocycles. The van der Waals surface area contributed by atoms with Crippen LogP contribution in [0.3, 0.4) is 0 Å². The van der Waals surface area contributed by atoms with Gasteiger partial charge in [0.1, 0.15) is 17.5 Å². The zero-order valence-electron chi connectivity index (χ0n) is 11.7. The number of esters is 1. The maximum atomic E-state index is 14.3. The summed E-state index contributed by atoms with van der Waals surface area (Å²) in [4.78, 5) is 11.9. The van der Waals surface area contributed by atoms with Gasteiger partial charge in [-0.15, -0.1) is 0 Å². The molecule has 0 saturated carbocycles. The van der Waals surface area contributed by atoms with E-state index in [1.54, 1.807) is 6.92 Å². The van der Waals surface area contributed by atoms with Gasteiger partial charge in [-0.3, -0.25) is 4.79 Å². The summed E-state index contributed by atoms with van der Waals surface area (Å²) in [6.07, 6.45) is 1.27. The van der Waals surface area contributed by atoms with Crippen LogP contribution < -0.4 is 0 Å². The van der Waals surface area contributed by atoms with Crippen LogP contribution in [-0.4, -0.2) is 20.2 Å². The summed E-state index contributed by atoms with van der Waals surface area (Å²) < 4.78 is 24.3. The van der Waals surface area contributed by atoms with Gasteiger partial charge in [0.25, 0.3) is 0 Å². The Morgan fingerprint density at radius 2 is 1.85 bits per heavy atom. The van der Waals surface area contributed by atoms with Gasteiger partial charge < -0.3 is 9.47 Å². The molecular weight excluding hydrogens is 259 g/mol. The van der Waals surface area contributed by atoms with Crippen molar-refractivity contribution in [2.75, 3.05) is 14.2 Å². The van der Waals surface area contributed by atoms with Crippen molar-refractivity contribution in [1.29, 1.82) is 0 Å². The van der Waals surface area contributed by atoms with Crippen molar-refractivity contribution >= 4 is 11.5 Å². The normalized spacial score (nSPS) is 22.3. The smallest absolute Gasteiger partial charge is 0.316 e. The van der Waals surface area contributed by atoms with Gasteiger partial charge in [-0.25, -0.2) is 4.39 Å². The second-order valence-corrected chi connectivity index (χ2v) is 4.67. The van der Waals surface area contributed by atoms with Crippen LogP contribution in [-0.2, 0) is 14.3 Å². The van der Waals surface area contributed by atoms with Crippen LogP contribution >= 0.6 is 0 Å². The Balaban J connectivity index is 2.51. The molecule has 1 aliphatic rings. The van der Waals surface area contributed by atoms with Gasteiger partial charge in [0.05, 0.1) is 14.2 Å². The summed E-state index contributed by atoms with van der Waals surface area (Å²) in [6.45, 7) is 1.80. The maximum Gasteiger partial charge on any atom is 0.316 e. The van der Waals surface area contributed by atoms with Crippen molar-refractivity contribution in [3.05, 3.63) is 53.6 Å². The second-order valence-electron chi connectivity index (χ2n) is 4.67. The van der Waals surface area contributed by atoms with Crippen molar-refractivity contribution < 1.29 is 18.7 Å². The van der Waals surface area contributed by atoms with Gasteiger partial charge in [0, 0.05) is 12.0 Å². The number of halogens is 1. The quantitative estimate of drug-likeness (QED) is 0.794. The third kappa shape index (κ3) is 2.46. The topological polar surface area (TPSA) is 35.5 Å². The molecule has 0 saturated heterocycles. The highest BCUT2D eigenvalue weighted by Gasteiger charge is 2.38. The van der Waals surface area contributed by atoms with Crippen LogP contribution in [0.5, 0.6) is 0 Å². The molecule has 1 aromatic carbocycles. The van der Waals surface area contributed by atoms with Crippen LogP contribution in [0, 0.1) is 11.8 Å². The summed E-state index contributed by atoms with van der Waals surface area (Å²) >= 11 is 0. The number of hydrogen-bond donors (Lipinski definition) is 0. The van der Waals surface area contributed by atoms with E-state index in [4.69, 9.17) is 9.47 Å². The first-order valence-corrected chi connectivity index (χ1v) is 6.38. The Morgan fingerprint density at radius 1 is 1.20 bits per heavy atom. The van der Waals surface area contributed by atoms with E-state index in [0.717, 1.165) is 5.56 Å². The number of carbonyl (C=O) groups excluding carboxylic acids is 1. The van der Waals surface area contributed by atoms with Gasteiger partial charge in [-0.1, -0.05) is 37.3 Å². The third-order valence-electron chi connectivity index (χ3n) is 3.56. The average Bonchev–Trinajstić information content (AvgIpc) is 2.47. The number of hydrogen-bond acceptors (Lipinski definition) is 3. The lowest BCUT2D eigenvalue weighted by atomic mass is 9.78. The van der Waals surface area contributed by atoms with Crippen LogP contribution in [0.15, 0.2) is 48.0 Å². The minimum absolute atomic E-state index is 0.293. The number of ether oxygens (including phenoxy) is 2. The molecule has 106 valence electrons. The van der Waals surface area contributed by atoms with Crippen LogP contribution in [0.1, 0.15) is 12.5 Å². The van der Waals surface area contributed by atoms with Crippen LogP contribution in [0.4, 0.5) is 4.39 Å². The zero-order valence-corrected chi connectivity index (χ0v) is 11.7. The molecule has 2 atom stereocenters. The van der Waals surface area contributed by atoms with E-state index < -0.39 is 11.9 Å². The summed E-state index contributed by atoms with van der Waals surface area (Å²) in [7, 11) is 2.74. The largest absolute Gasteiger partial charge is 0.500 e.